The van der Waals surface area contributed by atoms with Gasteiger partial charge in [0.2, 0.25) is 0 Å². The zero-order chi connectivity index (χ0) is 11.7. The lowest BCUT2D eigenvalue weighted by Crippen LogP contribution is -2.10. The zero-order valence-electron chi connectivity index (χ0n) is 10.2. The van der Waals surface area contributed by atoms with E-state index >= 15 is 0 Å². The van der Waals surface area contributed by atoms with Crippen molar-refractivity contribution in [3.8, 4) is 0 Å². The minimum atomic E-state index is 0.652. The van der Waals surface area contributed by atoms with E-state index in [1.165, 1.54) is 18.7 Å². The highest BCUT2D eigenvalue weighted by Crippen LogP contribution is 2.38. The Labute approximate surface area is 101 Å². The van der Waals surface area contributed by atoms with E-state index in [9.17, 15) is 0 Å². The second-order valence-electron chi connectivity index (χ2n) is 4.68. The van der Waals surface area contributed by atoms with Crippen molar-refractivity contribution >= 4 is 11.2 Å². The summed E-state index contributed by atoms with van der Waals surface area (Å²) in [4.78, 5) is 9.19. The van der Waals surface area contributed by atoms with Crippen LogP contribution in [0.25, 0.3) is 11.2 Å². The molecule has 0 aliphatic heterocycles. The van der Waals surface area contributed by atoms with Gasteiger partial charge in [0.15, 0.2) is 5.65 Å². The van der Waals surface area contributed by atoms with Crippen molar-refractivity contribution in [3.05, 3.63) is 24.2 Å². The first-order valence-corrected chi connectivity index (χ1v) is 6.36. The van der Waals surface area contributed by atoms with Gasteiger partial charge in [0.05, 0.1) is 0 Å². The average molecular weight is 230 g/mol. The second-order valence-corrected chi connectivity index (χ2v) is 4.68. The topological polar surface area (TPSA) is 42.7 Å². The molecule has 17 heavy (non-hydrogen) atoms. The monoisotopic (exact) mass is 230 g/mol. The van der Waals surface area contributed by atoms with Crippen LogP contribution < -0.4 is 5.32 Å². The van der Waals surface area contributed by atoms with Crippen molar-refractivity contribution < 1.29 is 0 Å². The predicted molar refractivity (Wildman–Crippen MR) is 68.0 cm³/mol. The molecular weight excluding hydrogens is 212 g/mol. The molecular formula is C13H18N4. The Morgan fingerprint density at radius 3 is 3.12 bits per heavy atom. The molecule has 0 radical (unpaired) electrons. The van der Waals surface area contributed by atoms with Crippen LogP contribution in [0.3, 0.4) is 0 Å². The first-order chi connectivity index (χ1) is 8.40. The summed E-state index contributed by atoms with van der Waals surface area (Å²) in [6, 6.07) is 4.67. The normalized spacial score (nSPS) is 15.6. The highest BCUT2D eigenvalue weighted by atomic mass is 15.2. The summed E-state index contributed by atoms with van der Waals surface area (Å²) in [5.74, 6) is 1.21. The molecule has 1 aliphatic rings. The lowest BCUT2D eigenvalue weighted by atomic mass is 10.3. The number of hydrogen-bond donors (Lipinski definition) is 1. The molecule has 3 rings (SSSR count). The minimum Gasteiger partial charge on any atom is -0.320 e. The Kier molecular flexibility index (Phi) is 2.81. The molecule has 4 nitrogen and oxygen atoms in total. The molecule has 1 N–H and O–H groups in total. The first-order valence-electron chi connectivity index (χ1n) is 6.36. The number of aromatic nitrogens is 3. The van der Waals surface area contributed by atoms with Crippen LogP contribution >= 0.6 is 0 Å². The van der Waals surface area contributed by atoms with Gasteiger partial charge in [-0.2, -0.15) is 0 Å². The van der Waals surface area contributed by atoms with E-state index in [0.717, 1.165) is 30.6 Å². The van der Waals surface area contributed by atoms with Crippen LogP contribution in [0.2, 0.25) is 0 Å². The number of pyridine rings is 1. The van der Waals surface area contributed by atoms with Gasteiger partial charge in [-0.25, -0.2) is 9.97 Å². The van der Waals surface area contributed by atoms with Crippen LogP contribution in [0.4, 0.5) is 0 Å². The fraction of sp³-hybridized carbons (Fsp3) is 0.538. The minimum absolute atomic E-state index is 0.652. The highest BCUT2D eigenvalue weighted by molar-refractivity contribution is 5.71. The largest absolute Gasteiger partial charge is 0.320 e. The summed E-state index contributed by atoms with van der Waals surface area (Å²) >= 11 is 0. The maximum Gasteiger partial charge on any atom is 0.160 e. The van der Waals surface area contributed by atoms with Gasteiger partial charge in [-0.3, -0.25) is 0 Å². The van der Waals surface area contributed by atoms with Crippen molar-refractivity contribution in [2.45, 2.75) is 31.7 Å². The van der Waals surface area contributed by atoms with Crippen molar-refractivity contribution in [2.24, 2.45) is 0 Å². The van der Waals surface area contributed by atoms with Crippen LogP contribution in [-0.2, 0) is 6.42 Å². The van der Waals surface area contributed by atoms with Crippen LogP contribution in [-0.4, -0.2) is 28.1 Å². The maximum absolute atomic E-state index is 4.72. The van der Waals surface area contributed by atoms with Crippen LogP contribution in [0.5, 0.6) is 0 Å². The SMILES string of the molecule is CNCCCc1nc2cccnc2n1C1CC1. The molecule has 0 atom stereocenters. The molecule has 4 heteroatoms. The summed E-state index contributed by atoms with van der Waals surface area (Å²) < 4.78 is 2.35. The van der Waals surface area contributed by atoms with E-state index < -0.39 is 0 Å². The molecule has 2 aromatic rings. The van der Waals surface area contributed by atoms with Crippen LogP contribution in [0, 0.1) is 0 Å². The van der Waals surface area contributed by atoms with E-state index in [2.05, 4.69) is 20.9 Å². The fourth-order valence-electron chi connectivity index (χ4n) is 2.29. The Morgan fingerprint density at radius 2 is 2.35 bits per heavy atom. The molecule has 1 fully saturated rings. The van der Waals surface area contributed by atoms with Crippen molar-refractivity contribution in [2.75, 3.05) is 13.6 Å². The molecule has 0 spiro atoms. The summed E-state index contributed by atoms with van der Waals surface area (Å²) in [5.41, 5.74) is 2.10. The maximum atomic E-state index is 4.72. The first kappa shape index (κ1) is 10.7. The number of nitrogens with one attached hydrogen (secondary N) is 1. The molecule has 0 amide bonds. The molecule has 0 unspecified atom stereocenters. The van der Waals surface area contributed by atoms with Gasteiger partial charge in [0, 0.05) is 18.7 Å². The molecule has 1 saturated carbocycles. The number of fused-ring (bicyclic) bond motifs is 1. The van der Waals surface area contributed by atoms with Gasteiger partial charge in [0.1, 0.15) is 11.3 Å². The second kappa shape index (κ2) is 4.45. The van der Waals surface area contributed by atoms with E-state index in [-0.39, 0.29) is 0 Å². The predicted octanol–water partition coefficient (Wildman–Crippen LogP) is 1.92. The number of aryl methyl sites for hydroxylation is 1. The number of imidazole rings is 1. The van der Waals surface area contributed by atoms with Gasteiger partial charge in [0.25, 0.3) is 0 Å². The Hall–Kier alpha value is -1.42. The third-order valence-electron chi connectivity index (χ3n) is 3.26. The van der Waals surface area contributed by atoms with Gasteiger partial charge in [-0.05, 0) is 45.0 Å². The van der Waals surface area contributed by atoms with Gasteiger partial charge in [-0.15, -0.1) is 0 Å². The summed E-state index contributed by atoms with van der Waals surface area (Å²) in [6.07, 6.45) is 6.59. The standard InChI is InChI=1S/C13H18N4/c1-14-8-3-5-12-16-11-4-2-9-15-13(11)17(12)10-6-7-10/h2,4,9-10,14H,3,5-8H2,1H3. The Morgan fingerprint density at radius 1 is 1.47 bits per heavy atom. The molecule has 1 aliphatic carbocycles. The third kappa shape index (κ3) is 2.05. The van der Waals surface area contributed by atoms with Gasteiger partial charge in [-0.1, -0.05) is 0 Å². The van der Waals surface area contributed by atoms with E-state index in [1.807, 2.05) is 19.3 Å². The number of nitrogens with zero attached hydrogens (tertiary/aromatic N) is 3. The number of hydrogen-bond acceptors (Lipinski definition) is 3. The Balaban J connectivity index is 1.95. The molecule has 0 bridgehead atoms. The fourth-order valence-corrected chi connectivity index (χ4v) is 2.29. The van der Waals surface area contributed by atoms with E-state index in [4.69, 9.17) is 4.98 Å². The highest BCUT2D eigenvalue weighted by Gasteiger charge is 2.28. The van der Waals surface area contributed by atoms with Crippen LogP contribution in [0.1, 0.15) is 31.1 Å². The summed E-state index contributed by atoms with van der Waals surface area (Å²) in [7, 11) is 1.99. The van der Waals surface area contributed by atoms with Crippen LogP contribution in [0.15, 0.2) is 18.3 Å². The van der Waals surface area contributed by atoms with Crippen molar-refractivity contribution in [3.63, 3.8) is 0 Å². The smallest absolute Gasteiger partial charge is 0.160 e. The molecule has 2 heterocycles. The van der Waals surface area contributed by atoms with Gasteiger partial charge < -0.3 is 9.88 Å². The van der Waals surface area contributed by atoms with E-state index in [0.29, 0.717) is 6.04 Å². The lowest BCUT2D eigenvalue weighted by molar-refractivity contribution is 0.646. The molecule has 90 valence electrons. The molecule has 0 aromatic carbocycles. The molecule has 2 aromatic heterocycles. The van der Waals surface area contributed by atoms with Crippen molar-refractivity contribution in [1.29, 1.82) is 0 Å². The van der Waals surface area contributed by atoms with Crippen molar-refractivity contribution in [1.82, 2.24) is 19.9 Å². The Bertz CT molecular complexity index is 513. The summed E-state index contributed by atoms with van der Waals surface area (Å²) in [6.45, 7) is 1.04. The quantitative estimate of drug-likeness (QED) is 0.798. The van der Waals surface area contributed by atoms with E-state index in [1.54, 1.807) is 0 Å². The third-order valence-corrected chi connectivity index (χ3v) is 3.26. The molecule has 0 saturated heterocycles. The lowest BCUT2D eigenvalue weighted by Gasteiger charge is -2.06. The average Bonchev–Trinajstić information content (AvgIpc) is 3.11. The zero-order valence-corrected chi connectivity index (χ0v) is 10.2. The summed E-state index contributed by atoms with van der Waals surface area (Å²) in [5, 5.41) is 3.18. The van der Waals surface area contributed by atoms with Gasteiger partial charge >= 0.3 is 0 Å². The number of rotatable bonds is 5.